The van der Waals surface area contributed by atoms with E-state index < -0.39 is 17.4 Å². The van der Waals surface area contributed by atoms with Crippen LogP contribution in [-0.4, -0.2) is 41.8 Å². The Bertz CT molecular complexity index is 1070. The third kappa shape index (κ3) is 2.46. The first kappa shape index (κ1) is 17.5. The van der Waals surface area contributed by atoms with E-state index in [-0.39, 0.29) is 24.7 Å². The highest BCUT2D eigenvalue weighted by Crippen LogP contribution is 2.53. The minimum Gasteiger partial charge on any atom is -0.454 e. The van der Waals surface area contributed by atoms with Gasteiger partial charge in [-0.05, 0) is 23.8 Å². The molecule has 30 heavy (non-hydrogen) atoms. The van der Waals surface area contributed by atoms with Gasteiger partial charge in [-0.15, -0.1) is 0 Å². The number of anilines is 1. The number of fused-ring (bicyclic) bond motifs is 2. The Hall–Kier alpha value is -3.39. The van der Waals surface area contributed by atoms with E-state index in [1.807, 2.05) is 30.4 Å². The van der Waals surface area contributed by atoms with Crippen LogP contribution in [0, 0.1) is 11.8 Å². The van der Waals surface area contributed by atoms with Crippen LogP contribution in [0.4, 0.5) is 5.69 Å². The first-order chi connectivity index (χ1) is 14.6. The molecule has 0 saturated carbocycles. The molecule has 0 aliphatic carbocycles. The van der Waals surface area contributed by atoms with Crippen molar-refractivity contribution in [3.05, 3.63) is 60.4 Å². The first-order valence-electron chi connectivity index (χ1n) is 9.89. The second kappa shape index (κ2) is 6.30. The normalized spacial score (nSPS) is 30.1. The molecule has 2 aromatic rings. The molecule has 0 unspecified atom stereocenters. The number of rotatable bonds is 4. The average Bonchev–Trinajstić information content (AvgIpc) is 3.53. The monoisotopic (exact) mass is 405 g/mol. The predicted molar refractivity (Wildman–Crippen MR) is 105 cm³/mol. The van der Waals surface area contributed by atoms with Gasteiger partial charge in [0.05, 0.1) is 24.5 Å². The fourth-order valence-corrected chi connectivity index (χ4v) is 4.88. The molecule has 2 saturated heterocycles. The Balaban J connectivity index is 1.25. The van der Waals surface area contributed by atoms with Gasteiger partial charge in [-0.3, -0.25) is 14.6 Å². The van der Waals surface area contributed by atoms with Gasteiger partial charge in [0.25, 0.3) is 0 Å². The summed E-state index contributed by atoms with van der Waals surface area (Å²) in [6.45, 7) is 0.904. The Kier molecular flexibility index (Phi) is 3.67. The highest BCUT2D eigenvalue weighted by molar-refractivity contribution is 6.03. The number of benzene rings is 1. The zero-order valence-electron chi connectivity index (χ0n) is 16.0. The maximum absolute atomic E-state index is 13.4. The SMILES string of the molecule is O=C(NCc1cccnc1)[C@@H]1[C@H]2C(=O)N(c3ccc4c(c3)OCO4)C[C@]23C=C[C@H]1O3. The number of hydrogen-bond acceptors (Lipinski definition) is 6. The van der Waals surface area contributed by atoms with Crippen molar-refractivity contribution in [1.29, 1.82) is 0 Å². The number of nitrogens with one attached hydrogen (secondary N) is 1. The van der Waals surface area contributed by atoms with Crippen molar-refractivity contribution in [1.82, 2.24) is 10.3 Å². The van der Waals surface area contributed by atoms with Crippen LogP contribution >= 0.6 is 0 Å². The summed E-state index contributed by atoms with van der Waals surface area (Å²) < 4.78 is 17.0. The predicted octanol–water partition coefficient (Wildman–Crippen LogP) is 1.41. The zero-order chi connectivity index (χ0) is 20.3. The van der Waals surface area contributed by atoms with Gasteiger partial charge in [0.1, 0.15) is 5.60 Å². The molecule has 4 aliphatic heterocycles. The van der Waals surface area contributed by atoms with Crippen molar-refractivity contribution in [2.24, 2.45) is 11.8 Å². The highest BCUT2D eigenvalue weighted by atomic mass is 16.7. The lowest BCUT2D eigenvalue weighted by Gasteiger charge is -2.23. The number of amides is 2. The minimum absolute atomic E-state index is 0.109. The second-order valence-corrected chi connectivity index (χ2v) is 7.94. The summed E-state index contributed by atoms with van der Waals surface area (Å²) >= 11 is 0. The lowest BCUT2D eigenvalue weighted by atomic mass is 9.77. The Morgan fingerprint density at radius 1 is 1.27 bits per heavy atom. The lowest BCUT2D eigenvalue weighted by molar-refractivity contribution is -0.132. The van der Waals surface area contributed by atoms with Gasteiger partial charge in [-0.2, -0.15) is 0 Å². The summed E-state index contributed by atoms with van der Waals surface area (Å²) in [5.74, 6) is -0.122. The summed E-state index contributed by atoms with van der Waals surface area (Å²) in [4.78, 5) is 32.2. The molecule has 6 rings (SSSR count). The van der Waals surface area contributed by atoms with Gasteiger partial charge in [0.2, 0.25) is 18.6 Å². The third-order valence-corrected chi connectivity index (χ3v) is 6.26. The van der Waals surface area contributed by atoms with E-state index in [1.54, 1.807) is 29.4 Å². The smallest absolute Gasteiger partial charge is 0.234 e. The number of ether oxygens (including phenoxy) is 3. The van der Waals surface area contributed by atoms with Crippen LogP contribution < -0.4 is 19.7 Å². The average molecular weight is 405 g/mol. The van der Waals surface area contributed by atoms with E-state index in [2.05, 4.69) is 10.3 Å². The van der Waals surface area contributed by atoms with Crippen molar-refractivity contribution >= 4 is 17.5 Å². The Morgan fingerprint density at radius 3 is 3.03 bits per heavy atom. The van der Waals surface area contributed by atoms with Gasteiger partial charge in [0.15, 0.2) is 11.5 Å². The number of aromatic nitrogens is 1. The fraction of sp³-hybridized carbons (Fsp3) is 0.318. The molecule has 8 nitrogen and oxygen atoms in total. The van der Waals surface area contributed by atoms with Crippen molar-refractivity contribution in [3.63, 3.8) is 0 Å². The van der Waals surface area contributed by atoms with E-state index in [1.165, 1.54) is 0 Å². The zero-order valence-corrected chi connectivity index (χ0v) is 16.0. The van der Waals surface area contributed by atoms with Crippen LogP contribution in [0.15, 0.2) is 54.9 Å². The standard InChI is InChI=1S/C22H19N3O5/c26-20(24-10-13-2-1-7-23-9-13)18-16-5-6-22(30-16)11-25(21(27)19(18)22)14-3-4-15-17(8-14)29-12-28-15/h1-9,16,18-19H,10-12H2,(H,24,26)/t16-,18+,19+,22-/m1/s1. The molecule has 5 heterocycles. The van der Waals surface area contributed by atoms with Crippen molar-refractivity contribution in [3.8, 4) is 11.5 Å². The van der Waals surface area contributed by atoms with E-state index in [4.69, 9.17) is 14.2 Å². The van der Waals surface area contributed by atoms with Gasteiger partial charge in [0, 0.05) is 30.7 Å². The molecule has 1 N–H and O–H groups in total. The number of nitrogens with zero attached hydrogens (tertiary/aromatic N) is 2. The van der Waals surface area contributed by atoms with Crippen LogP contribution in [0.1, 0.15) is 5.56 Å². The Labute approximate surface area is 172 Å². The summed E-state index contributed by atoms with van der Waals surface area (Å²) in [6.07, 6.45) is 6.86. The number of hydrogen-bond donors (Lipinski definition) is 1. The number of carbonyl (C=O) groups excluding carboxylic acids is 2. The fourth-order valence-electron chi connectivity index (χ4n) is 4.88. The van der Waals surface area contributed by atoms with Crippen LogP contribution in [0.2, 0.25) is 0 Å². The van der Waals surface area contributed by atoms with E-state index in [0.29, 0.717) is 30.3 Å². The molecule has 152 valence electrons. The number of carbonyl (C=O) groups is 2. The highest BCUT2D eigenvalue weighted by Gasteiger charge is 2.67. The summed E-state index contributed by atoms with van der Waals surface area (Å²) in [6, 6.07) is 9.14. The molecular formula is C22H19N3O5. The first-order valence-corrected chi connectivity index (χ1v) is 9.89. The van der Waals surface area contributed by atoms with Gasteiger partial charge < -0.3 is 24.4 Å². The molecule has 4 atom stereocenters. The molecular weight excluding hydrogens is 386 g/mol. The quantitative estimate of drug-likeness (QED) is 0.774. The van der Waals surface area contributed by atoms with Gasteiger partial charge in [-0.25, -0.2) is 0 Å². The van der Waals surface area contributed by atoms with Crippen LogP contribution in [-0.2, 0) is 20.9 Å². The molecule has 0 radical (unpaired) electrons. The van der Waals surface area contributed by atoms with Crippen LogP contribution in [0.3, 0.4) is 0 Å². The molecule has 2 fully saturated rings. The molecule has 1 aromatic carbocycles. The molecule has 2 amide bonds. The molecule has 2 bridgehead atoms. The van der Waals surface area contributed by atoms with Crippen LogP contribution in [0.5, 0.6) is 11.5 Å². The lowest BCUT2D eigenvalue weighted by Crippen LogP contribution is -2.44. The maximum Gasteiger partial charge on any atom is 0.234 e. The van der Waals surface area contributed by atoms with Gasteiger partial charge >= 0.3 is 0 Å². The van der Waals surface area contributed by atoms with E-state index in [0.717, 1.165) is 5.56 Å². The third-order valence-electron chi connectivity index (χ3n) is 6.26. The van der Waals surface area contributed by atoms with Crippen molar-refractivity contribution in [2.45, 2.75) is 18.2 Å². The van der Waals surface area contributed by atoms with Crippen molar-refractivity contribution < 1.29 is 23.8 Å². The van der Waals surface area contributed by atoms with E-state index in [9.17, 15) is 9.59 Å². The molecule has 1 aromatic heterocycles. The van der Waals surface area contributed by atoms with Gasteiger partial charge in [-0.1, -0.05) is 18.2 Å². The van der Waals surface area contributed by atoms with Crippen LogP contribution in [0.25, 0.3) is 0 Å². The maximum atomic E-state index is 13.4. The summed E-state index contributed by atoms with van der Waals surface area (Å²) in [5, 5.41) is 2.94. The second-order valence-electron chi connectivity index (χ2n) is 7.94. The molecule has 1 spiro atoms. The number of pyridine rings is 1. The minimum atomic E-state index is -0.769. The summed E-state index contributed by atoms with van der Waals surface area (Å²) in [7, 11) is 0. The Morgan fingerprint density at radius 2 is 2.17 bits per heavy atom. The van der Waals surface area contributed by atoms with Crippen molar-refractivity contribution in [2.75, 3.05) is 18.2 Å². The summed E-state index contributed by atoms with van der Waals surface area (Å²) in [5.41, 5.74) is 0.844. The van der Waals surface area contributed by atoms with E-state index >= 15 is 0 Å². The topological polar surface area (TPSA) is 90.0 Å². The molecule has 8 heteroatoms. The largest absolute Gasteiger partial charge is 0.454 e. The molecule has 4 aliphatic rings.